The molecule has 1 aromatic carbocycles. The summed E-state index contributed by atoms with van der Waals surface area (Å²) < 4.78 is 0. The van der Waals surface area contributed by atoms with Crippen LogP contribution in [0.15, 0.2) is 36.4 Å². The molecule has 1 aromatic heterocycles. The molecule has 84 valence electrons. The van der Waals surface area contributed by atoms with Gasteiger partial charge in [-0.15, -0.1) is 0 Å². The van der Waals surface area contributed by atoms with Crippen LogP contribution in [0.2, 0.25) is 0 Å². The zero-order valence-electron chi connectivity index (χ0n) is 9.90. The first-order valence-electron chi connectivity index (χ1n) is 5.87. The molecule has 1 unspecified atom stereocenters. The zero-order chi connectivity index (χ0) is 11.4. The van der Waals surface area contributed by atoms with Gasteiger partial charge in [0, 0.05) is 18.0 Å². The fourth-order valence-electron chi connectivity index (χ4n) is 1.63. The van der Waals surface area contributed by atoms with Gasteiger partial charge in [0.1, 0.15) is 0 Å². The van der Waals surface area contributed by atoms with Crippen molar-refractivity contribution in [2.24, 2.45) is 0 Å². The van der Waals surface area contributed by atoms with Crippen molar-refractivity contribution in [2.75, 3.05) is 0 Å². The highest BCUT2D eigenvalue weighted by atomic mass is 14.9. The van der Waals surface area contributed by atoms with Crippen LogP contribution in [-0.2, 0) is 6.54 Å². The second kappa shape index (κ2) is 5.08. The predicted octanol–water partition coefficient (Wildman–Crippen LogP) is 3.12. The van der Waals surface area contributed by atoms with Gasteiger partial charge in [-0.25, -0.2) is 0 Å². The average molecular weight is 214 g/mol. The molecular formula is C14H18N2. The van der Waals surface area contributed by atoms with Crippen LogP contribution in [-0.4, -0.2) is 11.0 Å². The maximum atomic E-state index is 4.62. The largest absolute Gasteiger partial charge is 0.309 e. The van der Waals surface area contributed by atoms with Crippen LogP contribution in [0.3, 0.4) is 0 Å². The minimum absolute atomic E-state index is 0.549. The van der Waals surface area contributed by atoms with E-state index in [0.29, 0.717) is 6.04 Å². The summed E-state index contributed by atoms with van der Waals surface area (Å²) in [6.45, 7) is 5.23. The molecule has 1 N–H and O–H groups in total. The lowest BCUT2D eigenvalue weighted by Gasteiger charge is -2.10. The number of nitrogens with zero attached hydrogens (tertiary/aromatic N) is 1. The van der Waals surface area contributed by atoms with Gasteiger partial charge in [-0.2, -0.15) is 0 Å². The van der Waals surface area contributed by atoms with E-state index in [2.05, 4.69) is 48.4 Å². The standard InChI is InChI=1S/C14H18N2/c1-3-11(2)15-10-13-9-8-12-6-4-5-7-14(12)16-13/h4-9,11,15H,3,10H2,1-2H3. The van der Waals surface area contributed by atoms with Gasteiger partial charge in [0.2, 0.25) is 0 Å². The molecule has 0 saturated carbocycles. The maximum absolute atomic E-state index is 4.62. The lowest BCUT2D eigenvalue weighted by Crippen LogP contribution is -2.24. The third-order valence-corrected chi connectivity index (χ3v) is 2.90. The Labute approximate surface area is 96.7 Å². The van der Waals surface area contributed by atoms with Crippen LogP contribution in [0.4, 0.5) is 0 Å². The summed E-state index contributed by atoms with van der Waals surface area (Å²) >= 11 is 0. The molecule has 0 spiro atoms. The highest BCUT2D eigenvalue weighted by molar-refractivity contribution is 5.78. The number of nitrogens with one attached hydrogen (secondary N) is 1. The van der Waals surface area contributed by atoms with Gasteiger partial charge >= 0.3 is 0 Å². The van der Waals surface area contributed by atoms with Gasteiger partial charge in [0.15, 0.2) is 0 Å². The first kappa shape index (κ1) is 11.1. The van der Waals surface area contributed by atoms with E-state index in [0.717, 1.165) is 24.2 Å². The quantitative estimate of drug-likeness (QED) is 0.845. The molecule has 2 heteroatoms. The summed E-state index contributed by atoms with van der Waals surface area (Å²) in [7, 11) is 0. The first-order valence-corrected chi connectivity index (χ1v) is 5.87. The summed E-state index contributed by atoms with van der Waals surface area (Å²) in [5.41, 5.74) is 2.19. The van der Waals surface area contributed by atoms with Gasteiger partial charge < -0.3 is 5.32 Å². The van der Waals surface area contributed by atoms with E-state index in [9.17, 15) is 0 Å². The van der Waals surface area contributed by atoms with E-state index in [-0.39, 0.29) is 0 Å². The average Bonchev–Trinajstić information content (AvgIpc) is 2.35. The molecule has 0 aliphatic heterocycles. The Morgan fingerprint density at radius 3 is 2.81 bits per heavy atom. The first-order chi connectivity index (χ1) is 7.79. The minimum atomic E-state index is 0.549. The number of benzene rings is 1. The van der Waals surface area contributed by atoms with Gasteiger partial charge in [-0.05, 0) is 25.5 Å². The van der Waals surface area contributed by atoms with Crippen LogP contribution >= 0.6 is 0 Å². The Bertz CT molecular complexity index is 465. The molecule has 1 atom stereocenters. The summed E-state index contributed by atoms with van der Waals surface area (Å²) in [4.78, 5) is 4.62. The number of para-hydroxylation sites is 1. The van der Waals surface area contributed by atoms with E-state index in [4.69, 9.17) is 0 Å². The van der Waals surface area contributed by atoms with E-state index in [1.807, 2.05) is 12.1 Å². The van der Waals surface area contributed by atoms with Crippen molar-refractivity contribution in [3.63, 3.8) is 0 Å². The second-order valence-corrected chi connectivity index (χ2v) is 4.19. The predicted molar refractivity (Wildman–Crippen MR) is 68.3 cm³/mol. The molecular weight excluding hydrogens is 196 g/mol. The Morgan fingerprint density at radius 1 is 1.19 bits per heavy atom. The van der Waals surface area contributed by atoms with Gasteiger partial charge in [0.05, 0.1) is 11.2 Å². The molecule has 2 aromatic rings. The minimum Gasteiger partial charge on any atom is -0.309 e. The number of rotatable bonds is 4. The molecule has 0 amide bonds. The van der Waals surface area contributed by atoms with Crippen molar-refractivity contribution in [3.8, 4) is 0 Å². The maximum Gasteiger partial charge on any atom is 0.0705 e. The fourth-order valence-corrected chi connectivity index (χ4v) is 1.63. The number of aromatic nitrogens is 1. The number of fused-ring (bicyclic) bond motifs is 1. The Balaban J connectivity index is 2.13. The van der Waals surface area contributed by atoms with E-state index in [1.54, 1.807) is 0 Å². The Morgan fingerprint density at radius 2 is 2.00 bits per heavy atom. The second-order valence-electron chi connectivity index (χ2n) is 4.19. The molecule has 0 fully saturated rings. The van der Waals surface area contributed by atoms with Crippen molar-refractivity contribution in [2.45, 2.75) is 32.9 Å². The van der Waals surface area contributed by atoms with E-state index >= 15 is 0 Å². The molecule has 0 radical (unpaired) electrons. The summed E-state index contributed by atoms with van der Waals surface area (Å²) in [6, 6.07) is 13.0. The summed E-state index contributed by atoms with van der Waals surface area (Å²) in [5.74, 6) is 0. The number of hydrogen-bond donors (Lipinski definition) is 1. The molecule has 2 rings (SSSR count). The Hall–Kier alpha value is -1.41. The van der Waals surface area contributed by atoms with Crippen molar-refractivity contribution in [3.05, 3.63) is 42.1 Å². The van der Waals surface area contributed by atoms with Crippen LogP contribution < -0.4 is 5.32 Å². The van der Waals surface area contributed by atoms with Crippen LogP contribution in [0.5, 0.6) is 0 Å². The van der Waals surface area contributed by atoms with Crippen molar-refractivity contribution in [1.29, 1.82) is 0 Å². The van der Waals surface area contributed by atoms with Crippen molar-refractivity contribution >= 4 is 10.9 Å². The SMILES string of the molecule is CCC(C)NCc1ccc2ccccc2n1. The normalized spacial score (nSPS) is 12.9. The van der Waals surface area contributed by atoms with Crippen LogP contribution in [0.25, 0.3) is 10.9 Å². The van der Waals surface area contributed by atoms with Gasteiger partial charge in [0.25, 0.3) is 0 Å². The number of pyridine rings is 1. The molecule has 0 bridgehead atoms. The lowest BCUT2D eigenvalue weighted by molar-refractivity contribution is 0.530. The van der Waals surface area contributed by atoms with Crippen LogP contribution in [0, 0.1) is 0 Å². The molecule has 2 nitrogen and oxygen atoms in total. The smallest absolute Gasteiger partial charge is 0.0705 e. The summed E-state index contributed by atoms with van der Waals surface area (Å²) in [6.07, 6.45) is 1.15. The number of hydrogen-bond acceptors (Lipinski definition) is 2. The molecule has 16 heavy (non-hydrogen) atoms. The van der Waals surface area contributed by atoms with E-state index in [1.165, 1.54) is 5.39 Å². The third kappa shape index (κ3) is 2.58. The van der Waals surface area contributed by atoms with Gasteiger partial charge in [-0.1, -0.05) is 31.2 Å². The van der Waals surface area contributed by atoms with Gasteiger partial charge in [-0.3, -0.25) is 4.98 Å². The molecule has 0 aliphatic carbocycles. The summed E-state index contributed by atoms with van der Waals surface area (Å²) in [5, 5.41) is 4.65. The Kier molecular flexibility index (Phi) is 3.52. The molecule has 0 saturated heterocycles. The molecule has 0 aliphatic rings. The fraction of sp³-hybridized carbons (Fsp3) is 0.357. The van der Waals surface area contributed by atoms with Crippen LogP contribution in [0.1, 0.15) is 26.0 Å². The topological polar surface area (TPSA) is 24.9 Å². The molecule has 1 heterocycles. The lowest BCUT2D eigenvalue weighted by atomic mass is 10.2. The van der Waals surface area contributed by atoms with E-state index < -0.39 is 0 Å². The van der Waals surface area contributed by atoms with Crippen molar-refractivity contribution in [1.82, 2.24) is 10.3 Å². The zero-order valence-corrected chi connectivity index (χ0v) is 9.90. The highest BCUT2D eigenvalue weighted by Gasteiger charge is 2.00. The van der Waals surface area contributed by atoms with Crippen molar-refractivity contribution < 1.29 is 0 Å². The third-order valence-electron chi connectivity index (χ3n) is 2.90. The highest BCUT2D eigenvalue weighted by Crippen LogP contribution is 2.11. The monoisotopic (exact) mass is 214 g/mol.